The Labute approximate surface area is 106 Å². The van der Waals surface area contributed by atoms with Gasteiger partial charge in [-0.05, 0) is 19.8 Å². The van der Waals surface area contributed by atoms with E-state index in [1.807, 2.05) is 14.0 Å². The normalized spacial score (nSPS) is 17.7. The molecule has 100 valence electrons. The van der Waals surface area contributed by atoms with Gasteiger partial charge in [-0.1, -0.05) is 12.8 Å². The minimum absolute atomic E-state index is 0.296. The first-order chi connectivity index (χ1) is 8.48. The SMILES string of the molecule is Cc1cc(NC(=O)NCC2(O)CCCC2)nn1C. The molecule has 1 aliphatic rings. The lowest BCUT2D eigenvalue weighted by atomic mass is 10.0. The molecule has 0 saturated heterocycles. The highest BCUT2D eigenvalue weighted by Crippen LogP contribution is 2.28. The van der Waals surface area contributed by atoms with Crippen molar-refractivity contribution >= 4 is 11.8 Å². The standard InChI is InChI=1S/C12H20N4O2/c1-9-7-10(15-16(9)2)14-11(17)13-8-12(18)5-3-4-6-12/h7,18H,3-6,8H2,1-2H3,(H2,13,14,15,17). The summed E-state index contributed by atoms with van der Waals surface area (Å²) in [6.07, 6.45) is 3.57. The van der Waals surface area contributed by atoms with Gasteiger partial charge in [0.25, 0.3) is 0 Å². The molecule has 2 amide bonds. The number of carbonyl (C=O) groups is 1. The van der Waals surface area contributed by atoms with Gasteiger partial charge in [-0.25, -0.2) is 4.79 Å². The Morgan fingerprint density at radius 2 is 2.22 bits per heavy atom. The molecule has 2 rings (SSSR count). The van der Waals surface area contributed by atoms with Crippen LogP contribution in [0.2, 0.25) is 0 Å². The van der Waals surface area contributed by atoms with Crippen LogP contribution in [0.25, 0.3) is 0 Å². The van der Waals surface area contributed by atoms with E-state index in [2.05, 4.69) is 15.7 Å². The van der Waals surface area contributed by atoms with E-state index in [0.29, 0.717) is 12.4 Å². The zero-order valence-electron chi connectivity index (χ0n) is 10.9. The van der Waals surface area contributed by atoms with Crippen molar-refractivity contribution in [2.45, 2.75) is 38.2 Å². The molecule has 1 saturated carbocycles. The van der Waals surface area contributed by atoms with Gasteiger partial charge in [0.1, 0.15) is 0 Å². The predicted molar refractivity (Wildman–Crippen MR) is 68.4 cm³/mol. The Balaban J connectivity index is 1.82. The number of aliphatic hydroxyl groups is 1. The van der Waals surface area contributed by atoms with Crippen LogP contribution in [-0.4, -0.2) is 33.1 Å². The molecule has 3 N–H and O–H groups in total. The molecule has 1 aromatic heterocycles. The second-order valence-electron chi connectivity index (χ2n) is 5.03. The molecule has 1 aromatic rings. The molecule has 0 radical (unpaired) electrons. The maximum absolute atomic E-state index is 11.6. The minimum Gasteiger partial charge on any atom is -0.388 e. The first kappa shape index (κ1) is 12.9. The van der Waals surface area contributed by atoms with Crippen molar-refractivity contribution in [1.29, 1.82) is 0 Å². The zero-order chi connectivity index (χ0) is 13.2. The van der Waals surface area contributed by atoms with Gasteiger partial charge in [0, 0.05) is 25.4 Å². The van der Waals surface area contributed by atoms with Crippen LogP contribution in [0.5, 0.6) is 0 Å². The van der Waals surface area contributed by atoms with Gasteiger partial charge in [-0.2, -0.15) is 5.10 Å². The molecule has 0 atom stereocenters. The van der Waals surface area contributed by atoms with Gasteiger partial charge >= 0.3 is 6.03 Å². The van der Waals surface area contributed by atoms with E-state index in [9.17, 15) is 9.90 Å². The Bertz CT molecular complexity index is 416. The van der Waals surface area contributed by atoms with E-state index in [1.54, 1.807) is 10.7 Å². The fourth-order valence-electron chi connectivity index (χ4n) is 2.24. The second kappa shape index (κ2) is 4.97. The van der Waals surface area contributed by atoms with Crippen molar-refractivity contribution in [1.82, 2.24) is 15.1 Å². The predicted octanol–water partition coefficient (Wildman–Crippen LogP) is 1.16. The summed E-state index contributed by atoms with van der Waals surface area (Å²) in [4.78, 5) is 11.6. The average molecular weight is 252 g/mol. The van der Waals surface area contributed by atoms with Crippen molar-refractivity contribution in [3.05, 3.63) is 11.8 Å². The third-order valence-electron chi connectivity index (χ3n) is 3.47. The van der Waals surface area contributed by atoms with Crippen LogP contribution in [0.3, 0.4) is 0 Å². The fourth-order valence-corrected chi connectivity index (χ4v) is 2.24. The van der Waals surface area contributed by atoms with E-state index < -0.39 is 5.60 Å². The maximum atomic E-state index is 11.6. The lowest BCUT2D eigenvalue weighted by Gasteiger charge is -2.22. The molecule has 6 nitrogen and oxygen atoms in total. The van der Waals surface area contributed by atoms with Gasteiger partial charge < -0.3 is 10.4 Å². The van der Waals surface area contributed by atoms with Crippen molar-refractivity contribution in [3.8, 4) is 0 Å². The molecular formula is C12H20N4O2. The first-order valence-corrected chi connectivity index (χ1v) is 6.26. The third kappa shape index (κ3) is 3.01. The molecule has 1 fully saturated rings. The maximum Gasteiger partial charge on any atom is 0.320 e. The smallest absolute Gasteiger partial charge is 0.320 e. The van der Waals surface area contributed by atoms with Gasteiger partial charge in [-0.15, -0.1) is 0 Å². The molecule has 0 aromatic carbocycles. The Hall–Kier alpha value is -1.56. The number of nitrogens with zero attached hydrogens (tertiary/aromatic N) is 2. The van der Waals surface area contributed by atoms with Gasteiger partial charge in [0.2, 0.25) is 0 Å². The summed E-state index contributed by atoms with van der Waals surface area (Å²) in [7, 11) is 1.82. The first-order valence-electron chi connectivity index (χ1n) is 6.26. The number of urea groups is 1. The highest BCUT2D eigenvalue weighted by Gasteiger charge is 2.31. The molecule has 18 heavy (non-hydrogen) atoms. The molecule has 0 unspecified atom stereocenters. The van der Waals surface area contributed by atoms with E-state index in [1.165, 1.54) is 0 Å². The van der Waals surface area contributed by atoms with Gasteiger partial charge in [0.05, 0.1) is 5.60 Å². The number of anilines is 1. The number of hydrogen-bond donors (Lipinski definition) is 3. The summed E-state index contributed by atoms with van der Waals surface area (Å²) in [6.45, 7) is 2.21. The Morgan fingerprint density at radius 1 is 1.56 bits per heavy atom. The van der Waals surface area contributed by atoms with Crippen molar-refractivity contribution in [2.75, 3.05) is 11.9 Å². The minimum atomic E-state index is -0.725. The van der Waals surface area contributed by atoms with Crippen LogP contribution in [0, 0.1) is 6.92 Å². The van der Waals surface area contributed by atoms with E-state index in [0.717, 1.165) is 31.4 Å². The molecule has 0 bridgehead atoms. The topological polar surface area (TPSA) is 79.2 Å². The monoisotopic (exact) mass is 252 g/mol. The lowest BCUT2D eigenvalue weighted by Crippen LogP contribution is -2.42. The molecule has 1 heterocycles. The summed E-state index contributed by atoms with van der Waals surface area (Å²) in [6, 6.07) is 1.47. The summed E-state index contributed by atoms with van der Waals surface area (Å²) < 4.78 is 1.69. The third-order valence-corrected chi connectivity index (χ3v) is 3.47. The highest BCUT2D eigenvalue weighted by atomic mass is 16.3. The Morgan fingerprint density at radius 3 is 2.78 bits per heavy atom. The van der Waals surface area contributed by atoms with Crippen molar-refractivity contribution in [2.24, 2.45) is 7.05 Å². The average Bonchev–Trinajstić information content (AvgIpc) is 2.85. The summed E-state index contributed by atoms with van der Waals surface area (Å²) in [5.41, 5.74) is 0.247. The van der Waals surface area contributed by atoms with Crippen LogP contribution >= 0.6 is 0 Å². The van der Waals surface area contributed by atoms with E-state index in [4.69, 9.17) is 0 Å². The molecular weight excluding hydrogens is 232 g/mol. The fraction of sp³-hybridized carbons (Fsp3) is 0.667. The quantitative estimate of drug-likeness (QED) is 0.755. The number of nitrogens with one attached hydrogen (secondary N) is 2. The van der Waals surface area contributed by atoms with Crippen molar-refractivity contribution < 1.29 is 9.90 Å². The molecule has 6 heteroatoms. The number of aromatic nitrogens is 2. The number of rotatable bonds is 3. The molecule has 0 spiro atoms. The van der Waals surface area contributed by atoms with Gasteiger partial charge in [-0.3, -0.25) is 10.00 Å². The molecule has 1 aliphatic carbocycles. The number of carbonyl (C=O) groups excluding carboxylic acids is 1. The summed E-state index contributed by atoms with van der Waals surface area (Å²) >= 11 is 0. The van der Waals surface area contributed by atoms with Gasteiger partial charge in [0.15, 0.2) is 5.82 Å². The number of amides is 2. The second-order valence-corrected chi connectivity index (χ2v) is 5.03. The van der Waals surface area contributed by atoms with Crippen LogP contribution in [0.15, 0.2) is 6.07 Å². The van der Waals surface area contributed by atoms with E-state index >= 15 is 0 Å². The van der Waals surface area contributed by atoms with Crippen molar-refractivity contribution in [3.63, 3.8) is 0 Å². The number of hydrogen-bond acceptors (Lipinski definition) is 3. The van der Waals surface area contributed by atoms with Crippen LogP contribution in [0.1, 0.15) is 31.4 Å². The van der Waals surface area contributed by atoms with E-state index in [-0.39, 0.29) is 6.03 Å². The summed E-state index contributed by atoms with van der Waals surface area (Å²) in [5, 5.41) is 19.6. The van der Waals surface area contributed by atoms with Crippen LogP contribution < -0.4 is 10.6 Å². The number of aryl methyl sites for hydroxylation is 2. The zero-order valence-corrected chi connectivity index (χ0v) is 10.9. The summed E-state index contributed by atoms with van der Waals surface area (Å²) in [5.74, 6) is 0.519. The largest absolute Gasteiger partial charge is 0.388 e. The lowest BCUT2D eigenvalue weighted by molar-refractivity contribution is 0.0506. The highest BCUT2D eigenvalue weighted by molar-refractivity contribution is 5.88. The molecule has 0 aliphatic heterocycles. The Kier molecular flexibility index (Phi) is 3.56. The van der Waals surface area contributed by atoms with Crippen LogP contribution in [0.4, 0.5) is 10.6 Å². The van der Waals surface area contributed by atoms with Crippen LogP contribution in [-0.2, 0) is 7.05 Å².